The zero-order chi connectivity index (χ0) is 14.5. The monoisotopic (exact) mass is 277 g/mol. The summed E-state index contributed by atoms with van der Waals surface area (Å²) in [6.45, 7) is 9.83. The Morgan fingerprint density at radius 2 is 1.90 bits per heavy atom. The van der Waals surface area contributed by atoms with Crippen LogP contribution >= 0.6 is 0 Å². The average Bonchev–Trinajstić information content (AvgIpc) is 2.42. The topological polar surface area (TPSA) is 38.0 Å². The first-order chi connectivity index (χ1) is 9.54. The molecule has 110 valence electrons. The first-order valence-electron chi connectivity index (χ1n) is 7.56. The molecule has 1 amide bonds. The predicted molar refractivity (Wildman–Crippen MR) is 81.3 cm³/mol. The highest BCUT2D eigenvalue weighted by atomic mass is 16.1. The van der Waals surface area contributed by atoms with Crippen molar-refractivity contribution in [3.63, 3.8) is 0 Å². The van der Waals surface area contributed by atoms with E-state index in [4.69, 9.17) is 0 Å². The van der Waals surface area contributed by atoms with Crippen LogP contribution in [0.3, 0.4) is 0 Å². The fourth-order valence-electron chi connectivity index (χ4n) is 2.65. The number of likely N-dealkylation sites (N-methyl/N-ethyl adjacent to an activating group) is 1. The van der Waals surface area contributed by atoms with Crippen LogP contribution in [0.1, 0.15) is 17.5 Å². The van der Waals surface area contributed by atoms with E-state index in [2.05, 4.69) is 24.5 Å². The number of hydrogen-bond acceptors (Lipinski definition) is 1. The molecule has 0 radical (unpaired) electrons. The molecule has 20 heavy (non-hydrogen) atoms. The Hall–Kier alpha value is -1.39. The van der Waals surface area contributed by atoms with Gasteiger partial charge in [-0.15, -0.1) is 0 Å². The highest BCUT2D eigenvalue weighted by Crippen LogP contribution is 2.16. The molecule has 1 aromatic rings. The Labute approximate surface area is 121 Å². The maximum Gasteiger partial charge on any atom is 0.230 e. The van der Waals surface area contributed by atoms with Gasteiger partial charge in [-0.25, -0.2) is 0 Å². The molecule has 0 atom stereocenters. The molecule has 3 N–H and O–H groups in total. The molecule has 1 saturated heterocycles. The SMILES string of the molecule is Cc1ccc(C)c(NC(=O)CC[NH+]2CC[NH+](C)CC2)c1. The standard InChI is InChI=1S/C16H25N3O/c1-13-4-5-14(2)15(12-13)17-16(20)6-7-19-10-8-18(3)9-11-19/h4-5,12H,6-11H2,1-3H3,(H,17,20)/p+2. The van der Waals surface area contributed by atoms with Gasteiger partial charge in [-0.3, -0.25) is 4.79 Å². The summed E-state index contributed by atoms with van der Waals surface area (Å²) >= 11 is 0. The highest BCUT2D eigenvalue weighted by molar-refractivity contribution is 5.91. The van der Waals surface area contributed by atoms with Crippen molar-refractivity contribution < 1.29 is 14.6 Å². The molecule has 0 bridgehead atoms. The Bertz CT molecular complexity index is 465. The van der Waals surface area contributed by atoms with Crippen LogP contribution in [-0.4, -0.2) is 45.7 Å². The molecule has 0 aliphatic carbocycles. The van der Waals surface area contributed by atoms with E-state index in [1.165, 1.54) is 31.7 Å². The Kier molecular flexibility index (Phi) is 5.15. The largest absolute Gasteiger partial charge is 0.328 e. The summed E-state index contributed by atoms with van der Waals surface area (Å²) in [5.41, 5.74) is 3.26. The van der Waals surface area contributed by atoms with Crippen LogP contribution in [0.15, 0.2) is 18.2 Å². The van der Waals surface area contributed by atoms with Crippen molar-refractivity contribution in [3.05, 3.63) is 29.3 Å². The van der Waals surface area contributed by atoms with E-state index < -0.39 is 0 Å². The zero-order valence-electron chi connectivity index (χ0n) is 12.9. The van der Waals surface area contributed by atoms with Crippen LogP contribution in [0.5, 0.6) is 0 Å². The number of nitrogens with one attached hydrogen (secondary N) is 3. The van der Waals surface area contributed by atoms with Gasteiger partial charge in [-0.2, -0.15) is 0 Å². The van der Waals surface area contributed by atoms with Crippen LogP contribution < -0.4 is 15.1 Å². The molecule has 1 aromatic carbocycles. The minimum atomic E-state index is 0.137. The number of anilines is 1. The van der Waals surface area contributed by atoms with Gasteiger partial charge in [0.2, 0.25) is 5.91 Å². The van der Waals surface area contributed by atoms with E-state index >= 15 is 0 Å². The molecular formula is C16H27N3O+2. The molecule has 0 aromatic heterocycles. The van der Waals surface area contributed by atoms with Crippen molar-refractivity contribution in [3.8, 4) is 0 Å². The lowest BCUT2D eigenvalue weighted by Gasteiger charge is -2.27. The molecular weight excluding hydrogens is 250 g/mol. The van der Waals surface area contributed by atoms with Gasteiger partial charge < -0.3 is 15.1 Å². The smallest absolute Gasteiger partial charge is 0.230 e. The summed E-state index contributed by atoms with van der Waals surface area (Å²) in [5, 5.41) is 3.04. The highest BCUT2D eigenvalue weighted by Gasteiger charge is 2.20. The first-order valence-corrected chi connectivity index (χ1v) is 7.56. The molecule has 0 saturated carbocycles. The van der Waals surface area contributed by atoms with Crippen LogP contribution in [0.2, 0.25) is 0 Å². The fourth-order valence-corrected chi connectivity index (χ4v) is 2.65. The second-order valence-electron chi connectivity index (χ2n) is 6.07. The fraction of sp³-hybridized carbons (Fsp3) is 0.562. The molecule has 1 heterocycles. The number of quaternary nitrogens is 2. The normalized spacial score (nSPS) is 22.6. The third kappa shape index (κ3) is 4.32. The van der Waals surface area contributed by atoms with Gasteiger partial charge in [0, 0.05) is 5.69 Å². The molecule has 4 nitrogen and oxygen atoms in total. The van der Waals surface area contributed by atoms with Crippen molar-refractivity contribution in [1.82, 2.24) is 0 Å². The van der Waals surface area contributed by atoms with Gasteiger partial charge in [0.25, 0.3) is 0 Å². The first kappa shape index (κ1) is 15.0. The number of piperazine rings is 1. The summed E-state index contributed by atoms with van der Waals surface area (Å²) in [4.78, 5) is 15.2. The van der Waals surface area contributed by atoms with Gasteiger partial charge >= 0.3 is 0 Å². The summed E-state index contributed by atoms with van der Waals surface area (Å²) < 4.78 is 0. The summed E-state index contributed by atoms with van der Waals surface area (Å²) in [5.74, 6) is 0.137. The van der Waals surface area contributed by atoms with Crippen molar-refractivity contribution in [2.24, 2.45) is 0 Å². The minimum absolute atomic E-state index is 0.137. The van der Waals surface area contributed by atoms with Gasteiger partial charge in [0.15, 0.2) is 0 Å². The lowest BCUT2D eigenvalue weighted by atomic mass is 10.1. The Morgan fingerprint density at radius 1 is 1.20 bits per heavy atom. The van der Waals surface area contributed by atoms with E-state index in [0.29, 0.717) is 6.42 Å². The van der Waals surface area contributed by atoms with Gasteiger partial charge in [0.05, 0.1) is 20.0 Å². The van der Waals surface area contributed by atoms with Gasteiger partial charge in [-0.1, -0.05) is 12.1 Å². The van der Waals surface area contributed by atoms with E-state index in [9.17, 15) is 4.79 Å². The molecule has 1 aliphatic rings. The van der Waals surface area contributed by atoms with Gasteiger partial charge in [-0.05, 0) is 31.0 Å². The number of hydrogen-bond donors (Lipinski definition) is 3. The summed E-state index contributed by atoms with van der Waals surface area (Å²) in [6.07, 6.45) is 0.613. The lowest BCUT2D eigenvalue weighted by Crippen LogP contribution is -3.27. The number of benzene rings is 1. The summed E-state index contributed by atoms with van der Waals surface area (Å²) in [7, 11) is 2.24. The van der Waals surface area contributed by atoms with Crippen LogP contribution in [0, 0.1) is 13.8 Å². The number of amides is 1. The van der Waals surface area contributed by atoms with Gasteiger partial charge in [0.1, 0.15) is 26.2 Å². The number of rotatable bonds is 4. The van der Waals surface area contributed by atoms with Crippen LogP contribution in [0.25, 0.3) is 0 Å². The number of carbonyl (C=O) groups excluding carboxylic acids is 1. The molecule has 2 rings (SSSR count). The third-order valence-electron chi connectivity index (χ3n) is 4.18. The molecule has 4 heteroatoms. The van der Waals surface area contributed by atoms with Crippen LogP contribution in [0.4, 0.5) is 5.69 Å². The molecule has 0 spiro atoms. The maximum absolute atomic E-state index is 12.1. The summed E-state index contributed by atoms with van der Waals surface area (Å²) in [6, 6.07) is 6.17. The number of carbonyl (C=O) groups is 1. The van der Waals surface area contributed by atoms with E-state index in [0.717, 1.165) is 17.8 Å². The molecule has 0 unspecified atom stereocenters. The quantitative estimate of drug-likeness (QED) is 0.652. The maximum atomic E-state index is 12.1. The van der Waals surface area contributed by atoms with E-state index in [1.807, 2.05) is 19.9 Å². The molecule has 1 fully saturated rings. The zero-order valence-corrected chi connectivity index (χ0v) is 12.9. The van der Waals surface area contributed by atoms with Crippen LogP contribution in [-0.2, 0) is 4.79 Å². The number of aryl methyl sites for hydroxylation is 2. The van der Waals surface area contributed by atoms with Crippen molar-refractivity contribution in [1.29, 1.82) is 0 Å². The second kappa shape index (κ2) is 6.86. The van der Waals surface area contributed by atoms with Crippen molar-refractivity contribution >= 4 is 11.6 Å². The second-order valence-corrected chi connectivity index (χ2v) is 6.07. The molecule has 1 aliphatic heterocycles. The minimum Gasteiger partial charge on any atom is -0.328 e. The van der Waals surface area contributed by atoms with E-state index in [-0.39, 0.29) is 5.91 Å². The third-order valence-corrected chi connectivity index (χ3v) is 4.18. The van der Waals surface area contributed by atoms with Crippen molar-refractivity contribution in [2.45, 2.75) is 20.3 Å². The Balaban J connectivity index is 1.79. The van der Waals surface area contributed by atoms with E-state index in [1.54, 1.807) is 9.80 Å². The lowest BCUT2D eigenvalue weighted by molar-refractivity contribution is -1.00. The predicted octanol–water partition coefficient (Wildman–Crippen LogP) is -0.955. The average molecular weight is 277 g/mol. The van der Waals surface area contributed by atoms with Crippen molar-refractivity contribution in [2.75, 3.05) is 45.1 Å². The Morgan fingerprint density at radius 3 is 2.60 bits per heavy atom.